The van der Waals surface area contributed by atoms with E-state index in [0.29, 0.717) is 5.52 Å². The molecule has 2 aromatic rings. The van der Waals surface area contributed by atoms with Gasteiger partial charge in [-0.05, 0) is 19.1 Å². The first-order valence-electron chi connectivity index (χ1n) is 5.60. The first-order valence-corrected chi connectivity index (χ1v) is 5.60. The molecule has 0 radical (unpaired) electrons. The summed E-state index contributed by atoms with van der Waals surface area (Å²) in [5, 5.41) is 9.93. The molecule has 0 amide bonds. The molecule has 0 aliphatic carbocycles. The molecule has 18 heavy (non-hydrogen) atoms. The number of para-hydroxylation sites is 1. The van der Waals surface area contributed by atoms with Gasteiger partial charge in [-0.15, -0.1) is 0 Å². The largest absolute Gasteiger partial charge is 0.477 e. The van der Waals surface area contributed by atoms with Gasteiger partial charge >= 0.3 is 11.9 Å². The van der Waals surface area contributed by atoms with Gasteiger partial charge in [0.05, 0.1) is 6.61 Å². The summed E-state index contributed by atoms with van der Waals surface area (Å²) in [4.78, 5) is 22.7. The number of fused-ring (bicyclic) bond motifs is 1. The fraction of sp³-hybridized carbons (Fsp3) is 0.231. The summed E-state index contributed by atoms with van der Waals surface area (Å²) < 4.78 is 6.30. The molecule has 0 bridgehead atoms. The highest BCUT2D eigenvalue weighted by Crippen LogP contribution is 2.19. The van der Waals surface area contributed by atoms with Gasteiger partial charge in [0.15, 0.2) is 0 Å². The van der Waals surface area contributed by atoms with Crippen LogP contribution < -0.4 is 0 Å². The number of rotatable bonds is 4. The van der Waals surface area contributed by atoms with Gasteiger partial charge in [0, 0.05) is 10.9 Å². The van der Waals surface area contributed by atoms with E-state index >= 15 is 0 Å². The molecule has 0 fully saturated rings. The lowest BCUT2D eigenvalue weighted by molar-refractivity contribution is -0.143. The van der Waals surface area contributed by atoms with Crippen molar-refractivity contribution in [2.24, 2.45) is 0 Å². The third-order valence-corrected chi connectivity index (χ3v) is 2.62. The van der Waals surface area contributed by atoms with Crippen LogP contribution in [0.3, 0.4) is 0 Å². The van der Waals surface area contributed by atoms with Crippen LogP contribution in [0, 0.1) is 0 Å². The van der Waals surface area contributed by atoms with Crippen LogP contribution in [0.5, 0.6) is 0 Å². The molecular formula is C13H13NO4. The first-order chi connectivity index (χ1) is 8.63. The predicted octanol–water partition coefficient (Wildman–Crippen LogP) is 1.90. The summed E-state index contributed by atoms with van der Waals surface area (Å²) in [6, 6.07) is 8.76. The summed E-state index contributed by atoms with van der Waals surface area (Å²) in [5.41, 5.74) is 0.798. The molecule has 2 rings (SSSR count). The van der Waals surface area contributed by atoms with Crippen LogP contribution in [-0.4, -0.2) is 28.2 Å². The zero-order chi connectivity index (χ0) is 13.1. The van der Waals surface area contributed by atoms with Gasteiger partial charge in [-0.2, -0.15) is 0 Å². The molecule has 0 saturated carbocycles. The van der Waals surface area contributed by atoms with Crippen molar-refractivity contribution in [2.75, 3.05) is 6.61 Å². The first kappa shape index (κ1) is 12.2. The maximum absolute atomic E-state index is 11.5. The second-order valence-corrected chi connectivity index (χ2v) is 3.78. The molecule has 1 N–H and O–H groups in total. The number of aromatic nitrogens is 1. The van der Waals surface area contributed by atoms with E-state index in [2.05, 4.69) is 0 Å². The number of carbonyl (C=O) groups excluding carboxylic acids is 1. The summed E-state index contributed by atoms with van der Waals surface area (Å²) in [6.07, 6.45) is 0. The van der Waals surface area contributed by atoms with Gasteiger partial charge in [0.1, 0.15) is 12.2 Å². The summed E-state index contributed by atoms with van der Waals surface area (Å²) in [5.74, 6) is -1.50. The number of nitrogens with zero attached hydrogens (tertiary/aromatic N) is 1. The van der Waals surface area contributed by atoms with E-state index in [1.165, 1.54) is 4.57 Å². The summed E-state index contributed by atoms with van der Waals surface area (Å²) in [6.45, 7) is 1.90. The molecule has 1 aromatic carbocycles. The number of hydrogen-bond acceptors (Lipinski definition) is 3. The lowest BCUT2D eigenvalue weighted by atomic mass is 10.2. The number of ether oxygens (including phenoxy) is 1. The van der Waals surface area contributed by atoms with Gasteiger partial charge in [-0.3, -0.25) is 4.79 Å². The third-order valence-electron chi connectivity index (χ3n) is 2.62. The fourth-order valence-corrected chi connectivity index (χ4v) is 1.89. The molecule has 94 valence electrons. The topological polar surface area (TPSA) is 68.5 Å². The van der Waals surface area contributed by atoms with Crippen molar-refractivity contribution in [3.8, 4) is 0 Å². The Morgan fingerprint density at radius 3 is 2.72 bits per heavy atom. The van der Waals surface area contributed by atoms with Crippen LogP contribution >= 0.6 is 0 Å². The predicted molar refractivity (Wildman–Crippen MR) is 65.5 cm³/mol. The third kappa shape index (κ3) is 2.20. The highest BCUT2D eigenvalue weighted by molar-refractivity contribution is 5.95. The van der Waals surface area contributed by atoms with E-state index in [1.54, 1.807) is 25.1 Å². The number of carbonyl (C=O) groups is 2. The quantitative estimate of drug-likeness (QED) is 0.838. The number of aromatic carboxylic acids is 1. The van der Waals surface area contributed by atoms with Gasteiger partial charge in [0.2, 0.25) is 0 Å². The lowest BCUT2D eigenvalue weighted by Crippen LogP contribution is -2.17. The Morgan fingerprint density at radius 2 is 2.06 bits per heavy atom. The van der Waals surface area contributed by atoms with Crippen LogP contribution in [0.25, 0.3) is 10.9 Å². The van der Waals surface area contributed by atoms with Crippen molar-refractivity contribution in [3.05, 3.63) is 36.0 Å². The van der Waals surface area contributed by atoms with Crippen LogP contribution in [-0.2, 0) is 16.1 Å². The minimum absolute atomic E-state index is 0.0873. The maximum Gasteiger partial charge on any atom is 0.352 e. The van der Waals surface area contributed by atoms with E-state index in [0.717, 1.165) is 5.39 Å². The fourth-order valence-electron chi connectivity index (χ4n) is 1.89. The van der Waals surface area contributed by atoms with Gasteiger partial charge < -0.3 is 14.4 Å². The van der Waals surface area contributed by atoms with Crippen molar-refractivity contribution >= 4 is 22.8 Å². The van der Waals surface area contributed by atoms with E-state index < -0.39 is 11.9 Å². The van der Waals surface area contributed by atoms with E-state index in [9.17, 15) is 9.59 Å². The van der Waals surface area contributed by atoms with Crippen LogP contribution in [0.15, 0.2) is 30.3 Å². The average molecular weight is 247 g/mol. The maximum atomic E-state index is 11.5. The Kier molecular flexibility index (Phi) is 3.32. The van der Waals surface area contributed by atoms with E-state index in [1.807, 2.05) is 12.1 Å². The molecule has 0 saturated heterocycles. The second-order valence-electron chi connectivity index (χ2n) is 3.78. The monoisotopic (exact) mass is 247 g/mol. The molecular weight excluding hydrogens is 234 g/mol. The smallest absolute Gasteiger partial charge is 0.352 e. The van der Waals surface area contributed by atoms with Crippen molar-refractivity contribution in [1.82, 2.24) is 4.57 Å². The molecule has 0 aliphatic heterocycles. The highest BCUT2D eigenvalue weighted by Gasteiger charge is 2.16. The van der Waals surface area contributed by atoms with Gasteiger partial charge in [-0.1, -0.05) is 18.2 Å². The normalized spacial score (nSPS) is 10.5. The number of carboxylic acids is 1. The van der Waals surface area contributed by atoms with E-state index in [4.69, 9.17) is 9.84 Å². The molecule has 0 unspecified atom stereocenters. The minimum Gasteiger partial charge on any atom is -0.477 e. The Bertz CT molecular complexity index is 600. The Balaban J connectivity index is 2.48. The Labute approximate surface area is 104 Å². The van der Waals surface area contributed by atoms with Crippen LogP contribution in [0.4, 0.5) is 0 Å². The van der Waals surface area contributed by atoms with E-state index in [-0.39, 0.29) is 18.8 Å². The molecule has 5 heteroatoms. The van der Waals surface area contributed by atoms with Gasteiger partial charge in [0.25, 0.3) is 0 Å². The molecule has 0 spiro atoms. The molecule has 0 atom stereocenters. The highest BCUT2D eigenvalue weighted by atomic mass is 16.5. The SMILES string of the molecule is CCOC(=O)Cn1c(C(=O)O)cc2ccccc21. The number of benzene rings is 1. The Hall–Kier alpha value is -2.30. The zero-order valence-corrected chi connectivity index (χ0v) is 9.92. The van der Waals surface area contributed by atoms with Crippen LogP contribution in [0.1, 0.15) is 17.4 Å². The molecule has 1 heterocycles. The molecule has 5 nitrogen and oxygen atoms in total. The van der Waals surface area contributed by atoms with Crippen molar-refractivity contribution < 1.29 is 19.4 Å². The summed E-state index contributed by atoms with van der Waals surface area (Å²) >= 11 is 0. The summed E-state index contributed by atoms with van der Waals surface area (Å²) in [7, 11) is 0. The van der Waals surface area contributed by atoms with Crippen molar-refractivity contribution in [1.29, 1.82) is 0 Å². The number of carboxylic acid groups (broad SMARTS) is 1. The minimum atomic E-state index is -1.06. The lowest BCUT2D eigenvalue weighted by Gasteiger charge is -2.07. The van der Waals surface area contributed by atoms with Crippen LogP contribution in [0.2, 0.25) is 0 Å². The zero-order valence-electron chi connectivity index (χ0n) is 9.92. The number of hydrogen-bond donors (Lipinski definition) is 1. The standard InChI is InChI=1S/C13H13NO4/c1-2-18-12(15)8-14-10-6-4-3-5-9(10)7-11(14)13(16)17/h3-7H,2,8H2,1H3,(H,16,17). The van der Waals surface area contributed by atoms with Crippen molar-refractivity contribution in [2.45, 2.75) is 13.5 Å². The second kappa shape index (κ2) is 4.91. The Morgan fingerprint density at radius 1 is 1.33 bits per heavy atom. The van der Waals surface area contributed by atoms with Crippen molar-refractivity contribution in [3.63, 3.8) is 0 Å². The number of esters is 1. The molecule has 1 aromatic heterocycles. The average Bonchev–Trinajstić information content (AvgIpc) is 2.69. The van der Waals surface area contributed by atoms with Gasteiger partial charge in [-0.25, -0.2) is 4.79 Å². The molecule has 0 aliphatic rings.